The Bertz CT molecular complexity index is 231. The van der Waals surface area contributed by atoms with E-state index in [-0.39, 0.29) is 6.10 Å². The Morgan fingerprint density at radius 3 is 2.28 bits per heavy atom. The Kier molecular flexibility index (Phi) is 5.46. The van der Waals surface area contributed by atoms with E-state index in [1.165, 1.54) is 25.9 Å². The highest BCUT2D eigenvalue weighted by molar-refractivity contribution is 4.84. The lowest BCUT2D eigenvalue weighted by molar-refractivity contribution is 0.111. The second-order valence-electron chi connectivity index (χ2n) is 6.47. The highest BCUT2D eigenvalue weighted by Gasteiger charge is 2.26. The molecule has 0 bridgehead atoms. The molecular formula is C15H30N2O. The fourth-order valence-electron chi connectivity index (χ4n) is 3.43. The first-order valence-corrected chi connectivity index (χ1v) is 7.82. The molecule has 2 rings (SSSR count). The molecule has 1 unspecified atom stereocenters. The maximum absolute atomic E-state index is 9.53. The molecule has 1 saturated carbocycles. The van der Waals surface area contributed by atoms with Gasteiger partial charge in [0.25, 0.3) is 0 Å². The molecule has 1 saturated heterocycles. The Morgan fingerprint density at radius 1 is 1.11 bits per heavy atom. The molecule has 1 aliphatic heterocycles. The summed E-state index contributed by atoms with van der Waals surface area (Å²) in [5, 5.41) is 13.3. The lowest BCUT2D eigenvalue weighted by Gasteiger charge is -2.34. The van der Waals surface area contributed by atoms with Crippen LogP contribution in [0.1, 0.15) is 52.4 Å². The molecule has 1 aliphatic carbocycles. The number of rotatable bonds is 5. The number of hydrogen-bond donors (Lipinski definition) is 2. The summed E-state index contributed by atoms with van der Waals surface area (Å²) in [6, 6.07) is 1.33. The van der Waals surface area contributed by atoms with Crippen LogP contribution in [0.15, 0.2) is 0 Å². The largest absolute Gasteiger partial charge is 0.393 e. The molecule has 0 aromatic carbocycles. The van der Waals surface area contributed by atoms with Crippen LogP contribution < -0.4 is 5.32 Å². The van der Waals surface area contributed by atoms with Crippen molar-refractivity contribution in [2.24, 2.45) is 5.92 Å². The second kappa shape index (κ2) is 6.88. The first kappa shape index (κ1) is 14.3. The monoisotopic (exact) mass is 254 g/mol. The molecule has 106 valence electrons. The Balaban J connectivity index is 1.75. The van der Waals surface area contributed by atoms with Gasteiger partial charge in [0.05, 0.1) is 6.10 Å². The van der Waals surface area contributed by atoms with Crippen molar-refractivity contribution < 1.29 is 5.11 Å². The summed E-state index contributed by atoms with van der Waals surface area (Å²) in [5.74, 6) is 0.727. The zero-order chi connectivity index (χ0) is 13.0. The van der Waals surface area contributed by atoms with Crippen LogP contribution in [0, 0.1) is 5.92 Å². The van der Waals surface area contributed by atoms with Gasteiger partial charge in [0.2, 0.25) is 0 Å². The summed E-state index contributed by atoms with van der Waals surface area (Å²) < 4.78 is 0. The minimum Gasteiger partial charge on any atom is -0.393 e. The van der Waals surface area contributed by atoms with Crippen molar-refractivity contribution in [3.05, 3.63) is 0 Å². The molecule has 0 radical (unpaired) electrons. The smallest absolute Gasteiger partial charge is 0.0541 e. The number of aliphatic hydroxyl groups excluding tert-OH is 1. The number of nitrogens with one attached hydrogen (secondary N) is 1. The van der Waals surface area contributed by atoms with Gasteiger partial charge in [-0.15, -0.1) is 0 Å². The van der Waals surface area contributed by atoms with E-state index in [2.05, 4.69) is 24.1 Å². The van der Waals surface area contributed by atoms with Crippen LogP contribution in [0.5, 0.6) is 0 Å². The van der Waals surface area contributed by atoms with Crippen LogP contribution in [0.25, 0.3) is 0 Å². The van der Waals surface area contributed by atoms with E-state index < -0.39 is 0 Å². The number of nitrogens with zero attached hydrogens (tertiary/aromatic N) is 1. The summed E-state index contributed by atoms with van der Waals surface area (Å²) in [5.41, 5.74) is 0. The van der Waals surface area contributed by atoms with Gasteiger partial charge in [-0.05, 0) is 57.5 Å². The highest BCUT2D eigenvalue weighted by Crippen LogP contribution is 2.20. The second-order valence-corrected chi connectivity index (χ2v) is 6.47. The lowest BCUT2D eigenvalue weighted by Crippen LogP contribution is -2.47. The Morgan fingerprint density at radius 2 is 1.72 bits per heavy atom. The number of hydrogen-bond acceptors (Lipinski definition) is 3. The molecule has 0 amide bonds. The molecule has 18 heavy (non-hydrogen) atoms. The molecule has 3 nitrogen and oxygen atoms in total. The molecule has 0 aromatic rings. The first-order chi connectivity index (χ1) is 8.66. The molecule has 3 heteroatoms. The summed E-state index contributed by atoms with van der Waals surface area (Å²) in [7, 11) is 0. The van der Waals surface area contributed by atoms with Crippen LogP contribution >= 0.6 is 0 Å². The molecule has 2 aliphatic rings. The van der Waals surface area contributed by atoms with E-state index in [1.807, 2.05) is 0 Å². The molecule has 2 N–H and O–H groups in total. The van der Waals surface area contributed by atoms with Gasteiger partial charge in [-0.2, -0.15) is 0 Å². The SMILES string of the molecule is CC(C)C(CNC1CCC(O)CC1)N1CCCC1. The van der Waals surface area contributed by atoms with Crippen molar-refractivity contribution in [2.75, 3.05) is 19.6 Å². The van der Waals surface area contributed by atoms with Crippen LogP contribution in [0.2, 0.25) is 0 Å². The van der Waals surface area contributed by atoms with Gasteiger partial charge in [-0.3, -0.25) is 4.90 Å². The summed E-state index contributed by atoms with van der Waals surface area (Å²) >= 11 is 0. The normalized spacial score (nSPS) is 32.0. The van der Waals surface area contributed by atoms with E-state index in [4.69, 9.17) is 0 Å². The fourth-order valence-corrected chi connectivity index (χ4v) is 3.43. The summed E-state index contributed by atoms with van der Waals surface area (Å²) in [4.78, 5) is 2.66. The van der Waals surface area contributed by atoms with Gasteiger partial charge in [0.1, 0.15) is 0 Å². The van der Waals surface area contributed by atoms with Gasteiger partial charge in [-0.1, -0.05) is 13.8 Å². The average molecular weight is 254 g/mol. The minimum absolute atomic E-state index is 0.0393. The van der Waals surface area contributed by atoms with Crippen molar-refractivity contribution in [1.82, 2.24) is 10.2 Å². The standard InChI is InChI=1S/C15H30N2O/c1-12(2)15(17-9-3-4-10-17)11-16-13-5-7-14(18)8-6-13/h12-16,18H,3-11H2,1-2H3. The molecular weight excluding hydrogens is 224 g/mol. The van der Waals surface area contributed by atoms with E-state index in [0.29, 0.717) is 12.1 Å². The van der Waals surface area contributed by atoms with E-state index >= 15 is 0 Å². The van der Waals surface area contributed by atoms with E-state index in [0.717, 1.165) is 38.1 Å². The van der Waals surface area contributed by atoms with Crippen LogP contribution in [-0.2, 0) is 0 Å². The predicted molar refractivity (Wildman–Crippen MR) is 75.7 cm³/mol. The topological polar surface area (TPSA) is 35.5 Å². The molecule has 0 aromatic heterocycles. The minimum atomic E-state index is -0.0393. The third kappa shape index (κ3) is 3.94. The summed E-state index contributed by atoms with van der Waals surface area (Å²) in [6.07, 6.45) is 6.96. The molecule has 1 heterocycles. The van der Waals surface area contributed by atoms with Gasteiger partial charge in [0.15, 0.2) is 0 Å². The van der Waals surface area contributed by atoms with E-state index in [9.17, 15) is 5.11 Å². The van der Waals surface area contributed by atoms with Crippen LogP contribution in [0.3, 0.4) is 0 Å². The number of likely N-dealkylation sites (tertiary alicyclic amines) is 1. The van der Waals surface area contributed by atoms with Crippen molar-refractivity contribution in [1.29, 1.82) is 0 Å². The molecule has 1 atom stereocenters. The maximum Gasteiger partial charge on any atom is 0.0541 e. The highest BCUT2D eigenvalue weighted by atomic mass is 16.3. The van der Waals surface area contributed by atoms with Gasteiger partial charge in [-0.25, -0.2) is 0 Å². The lowest BCUT2D eigenvalue weighted by atomic mass is 9.92. The van der Waals surface area contributed by atoms with Crippen molar-refractivity contribution in [2.45, 2.75) is 70.6 Å². The Hall–Kier alpha value is -0.120. The molecule has 2 fully saturated rings. The zero-order valence-corrected chi connectivity index (χ0v) is 12.1. The zero-order valence-electron chi connectivity index (χ0n) is 12.1. The third-order valence-electron chi connectivity index (χ3n) is 4.69. The predicted octanol–water partition coefficient (Wildman–Crippen LogP) is 2.00. The van der Waals surface area contributed by atoms with Crippen LogP contribution in [-0.4, -0.2) is 47.8 Å². The average Bonchev–Trinajstić information content (AvgIpc) is 2.85. The number of aliphatic hydroxyl groups is 1. The quantitative estimate of drug-likeness (QED) is 0.788. The Labute approximate surface area is 112 Å². The summed E-state index contributed by atoms with van der Waals surface area (Å²) in [6.45, 7) is 8.38. The van der Waals surface area contributed by atoms with Gasteiger partial charge < -0.3 is 10.4 Å². The van der Waals surface area contributed by atoms with Crippen molar-refractivity contribution in [3.8, 4) is 0 Å². The van der Waals surface area contributed by atoms with Gasteiger partial charge >= 0.3 is 0 Å². The van der Waals surface area contributed by atoms with E-state index in [1.54, 1.807) is 0 Å². The van der Waals surface area contributed by atoms with Crippen LogP contribution in [0.4, 0.5) is 0 Å². The van der Waals surface area contributed by atoms with Crippen molar-refractivity contribution in [3.63, 3.8) is 0 Å². The van der Waals surface area contributed by atoms with Gasteiger partial charge in [0, 0.05) is 18.6 Å². The fraction of sp³-hybridized carbons (Fsp3) is 1.00. The molecule has 0 spiro atoms. The maximum atomic E-state index is 9.53. The third-order valence-corrected chi connectivity index (χ3v) is 4.69. The van der Waals surface area contributed by atoms with Crippen molar-refractivity contribution >= 4 is 0 Å². The first-order valence-electron chi connectivity index (χ1n) is 7.82.